The number of alkyl halides is 1. The maximum Gasteiger partial charge on any atom is 0.248 e. The van der Waals surface area contributed by atoms with Crippen LogP contribution in [0, 0.1) is 0 Å². The molecule has 2 heterocycles. The van der Waals surface area contributed by atoms with Crippen molar-refractivity contribution in [3.05, 3.63) is 0 Å². The Balaban J connectivity index is 1.51. The molecule has 4 aliphatic rings. The summed E-state index contributed by atoms with van der Waals surface area (Å²) in [5.41, 5.74) is 0.262. The van der Waals surface area contributed by atoms with Gasteiger partial charge in [-0.3, -0.25) is 14.6 Å². The first kappa shape index (κ1) is 19.6. The van der Waals surface area contributed by atoms with Crippen molar-refractivity contribution in [2.24, 2.45) is 4.99 Å². The van der Waals surface area contributed by atoms with Crippen LogP contribution in [0.1, 0.15) is 71.1 Å². The summed E-state index contributed by atoms with van der Waals surface area (Å²) < 4.78 is 6.51. The van der Waals surface area contributed by atoms with E-state index in [4.69, 9.17) is 4.74 Å². The molecule has 0 aromatic rings. The summed E-state index contributed by atoms with van der Waals surface area (Å²) in [6.07, 6.45) is 9.44. The molecule has 2 aliphatic heterocycles. The topological polar surface area (TPSA) is 71.0 Å². The molecule has 150 valence electrons. The quantitative estimate of drug-likeness (QED) is 0.463. The maximum absolute atomic E-state index is 13.7. The fourth-order valence-electron chi connectivity index (χ4n) is 5.25. The van der Waals surface area contributed by atoms with E-state index in [0.717, 1.165) is 76.5 Å². The minimum Gasteiger partial charge on any atom is -0.365 e. The van der Waals surface area contributed by atoms with E-state index >= 15 is 0 Å². The summed E-state index contributed by atoms with van der Waals surface area (Å²) in [6, 6.07) is -0.296. The molecule has 2 unspecified atom stereocenters. The van der Waals surface area contributed by atoms with Crippen LogP contribution in [0.3, 0.4) is 0 Å². The Morgan fingerprint density at radius 1 is 1.26 bits per heavy atom. The fourth-order valence-corrected chi connectivity index (χ4v) is 5.68. The summed E-state index contributed by atoms with van der Waals surface area (Å²) in [4.78, 5) is 33.0. The third-order valence-electron chi connectivity index (χ3n) is 6.97. The van der Waals surface area contributed by atoms with Crippen LogP contribution in [0.2, 0.25) is 0 Å². The van der Waals surface area contributed by atoms with Crippen LogP contribution < -0.4 is 5.32 Å². The number of aliphatic imine (C=N–C) groups is 1. The van der Waals surface area contributed by atoms with Gasteiger partial charge in [0.1, 0.15) is 11.6 Å². The Labute approximate surface area is 175 Å². The van der Waals surface area contributed by atoms with Crippen LogP contribution in [-0.2, 0) is 14.3 Å². The second kappa shape index (κ2) is 7.61. The lowest BCUT2D eigenvalue weighted by atomic mass is 9.79. The third-order valence-corrected chi connectivity index (χ3v) is 7.33. The molecule has 0 radical (unpaired) electrons. The molecule has 27 heavy (non-hydrogen) atoms. The molecule has 1 saturated heterocycles. The standard InChI is InChI=1S/C20H30IN3O3/c1-2-14-11-15(22-14)17(25)23-19(7-4-3-5-8-19)18(26)24-10-6-9-20(24)12-16(20)27-13-21/h15-16H,2-13H2,1H3,(H,23,25)/t15-,16?,20?/m0/s1. The van der Waals surface area contributed by atoms with Crippen LogP contribution in [0.5, 0.6) is 0 Å². The second-order valence-electron chi connectivity index (χ2n) is 8.53. The van der Waals surface area contributed by atoms with Gasteiger partial charge < -0.3 is 15.0 Å². The lowest BCUT2D eigenvalue weighted by molar-refractivity contribution is -0.146. The Hall–Kier alpha value is -0.700. The van der Waals surface area contributed by atoms with Gasteiger partial charge in [0, 0.05) is 25.1 Å². The Morgan fingerprint density at radius 3 is 2.67 bits per heavy atom. The fraction of sp³-hybridized carbons (Fsp3) is 0.850. The van der Waals surface area contributed by atoms with Gasteiger partial charge in [-0.2, -0.15) is 0 Å². The monoisotopic (exact) mass is 487 g/mol. The Morgan fingerprint density at radius 2 is 2.00 bits per heavy atom. The zero-order valence-corrected chi connectivity index (χ0v) is 18.3. The van der Waals surface area contributed by atoms with Crippen LogP contribution in [0.4, 0.5) is 0 Å². The van der Waals surface area contributed by atoms with E-state index in [9.17, 15) is 9.59 Å². The van der Waals surface area contributed by atoms with Crippen molar-refractivity contribution in [3.63, 3.8) is 0 Å². The molecule has 6 nitrogen and oxygen atoms in total. The van der Waals surface area contributed by atoms with Crippen LogP contribution >= 0.6 is 22.6 Å². The van der Waals surface area contributed by atoms with E-state index in [0.29, 0.717) is 4.61 Å². The van der Waals surface area contributed by atoms with Gasteiger partial charge in [0.25, 0.3) is 0 Å². The highest BCUT2D eigenvalue weighted by Gasteiger charge is 2.64. The van der Waals surface area contributed by atoms with E-state index in [2.05, 4.69) is 44.7 Å². The largest absolute Gasteiger partial charge is 0.365 e. The molecule has 4 rings (SSSR count). The van der Waals surface area contributed by atoms with Gasteiger partial charge in [0.2, 0.25) is 11.8 Å². The molecule has 0 bridgehead atoms. The first-order valence-corrected chi connectivity index (χ1v) is 11.9. The molecule has 3 atom stereocenters. The third kappa shape index (κ3) is 3.43. The van der Waals surface area contributed by atoms with E-state index in [-0.39, 0.29) is 29.5 Å². The molecular weight excluding hydrogens is 457 g/mol. The summed E-state index contributed by atoms with van der Waals surface area (Å²) in [6.45, 7) is 2.86. The number of ether oxygens (including phenoxy) is 1. The van der Waals surface area contributed by atoms with Crippen molar-refractivity contribution >= 4 is 40.1 Å². The number of likely N-dealkylation sites (tertiary alicyclic amines) is 1. The molecule has 2 amide bonds. The highest BCUT2D eigenvalue weighted by Crippen LogP contribution is 2.53. The van der Waals surface area contributed by atoms with Crippen molar-refractivity contribution in [2.45, 2.75) is 94.4 Å². The average Bonchev–Trinajstić information content (AvgIpc) is 3.13. The molecule has 0 aromatic carbocycles. The van der Waals surface area contributed by atoms with Gasteiger partial charge in [-0.05, 0) is 32.1 Å². The highest BCUT2D eigenvalue weighted by molar-refractivity contribution is 14.1. The van der Waals surface area contributed by atoms with Gasteiger partial charge >= 0.3 is 0 Å². The zero-order chi connectivity index (χ0) is 19.1. The number of carbonyl (C=O) groups excluding carboxylic acids is 2. The van der Waals surface area contributed by atoms with Crippen molar-refractivity contribution < 1.29 is 14.3 Å². The van der Waals surface area contributed by atoms with Crippen LogP contribution in [0.25, 0.3) is 0 Å². The normalized spacial score (nSPS) is 34.1. The average molecular weight is 487 g/mol. The number of nitrogens with zero attached hydrogens (tertiary/aromatic N) is 2. The van der Waals surface area contributed by atoms with Crippen molar-refractivity contribution in [2.75, 3.05) is 11.2 Å². The van der Waals surface area contributed by atoms with Crippen molar-refractivity contribution in [1.82, 2.24) is 10.2 Å². The molecule has 3 fully saturated rings. The zero-order valence-electron chi connectivity index (χ0n) is 16.1. The number of hydrogen-bond donors (Lipinski definition) is 1. The Kier molecular flexibility index (Phi) is 5.53. The number of halogens is 1. The predicted octanol–water partition coefficient (Wildman–Crippen LogP) is 2.97. The number of hydrogen-bond acceptors (Lipinski definition) is 4. The maximum atomic E-state index is 13.7. The molecular formula is C20H30IN3O3. The van der Waals surface area contributed by atoms with E-state index in [1.165, 1.54) is 0 Å². The predicted molar refractivity (Wildman–Crippen MR) is 112 cm³/mol. The van der Waals surface area contributed by atoms with Gasteiger partial charge in [-0.1, -0.05) is 48.8 Å². The first-order chi connectivity index (χ1) is 13.0. The van der Waals surface area contributed by atoms with Crippen LogP contribution in [-0.4, -0.2) is 56.8 Å². The van der Waals surface area contributed by atoms with Crippen molar-refractivity contribution in [3.8, 4) is 0 Å². The summed E-state index contributed by atoms with van der Waals surface area (Å²) in [7, 11) is 0. The lowest BCUT2D eigenvalue weighted by Crippen LogP contribution is -2.63. The summed E-state index contributed by atoms with van der Waals surface area (Å²) in [5, 5.41) is 3.19. The lowest BCUT2D eigenvalue weighted by Gasteiger charge is -2.42. The van der Waals surface area contributed by atoms with Crippen molar-refractivity contribution in [1.29, 1.82) is 0 Å². The molecule has 2 saturated carbocycles. The van der Waals surface area contributed by atoms with Gasteiger partial charge in [-0.25, -0.2) is 0 Å². The number of amides is 2. The first-order valence-electron chi connectivity index (χ1n) is 10.4. The molecule has 2 aliphatic carbocycles. The van der Waals surface area contributed by atoms with Gasteiger partial charge in [0.05, 0.1) is 16.3 Å². The minimum atomic E-state index is -0.734. The van der Waals surface area contributed by atoms with Gasteiger partial charge in [-0.15, -0.1) is 0 Å². The number of carbonyl (C=O) groups is 2. The SMILES string of the molecule is CCC1=N[C@H](C(=O)NC2(C(=O)N3CCCC34CC4OCI)CCCCC2)C1. The summed E-state index contributed by atoms with van der Waals surface area (Å²) >= 11 is 2.23. The van der Waals surface area contributed by atoms with E-state index in [1.807, 2.05) is 0 Å². The smallest absolute Gasteiger partial charge is 0.248 e. The molecule has 1 N–H and O–H groups in total. The van der Waals surface area contributed by atoms with Crippen LogP contribution in [0.15, 0.2) is 4.99 Å². The van der Waals surface area contributed by atoms with E-state index < -0.39 is 5.54 Å². The highest BCUT2D eigenvalue weighted by atomic mass is 127. The summed E-state index contributed by atoms with van der Waals surface area (Å²) in [5.74, 6) is 0.0678. The molecule has 7 heteroatoms. The number of nitrogens with one attached hydrogen (secondary N) is 1. The Bertz CT molecular complexity index is 646. The van der Waals surface area contributed by atoms with Gasteiger partial charge in [0.15, 0.2) is 0 Å². The minimum absolute atomic E-state index is 0.0634. The number of rotatable bonds is 6. The second-order valence-corrected chi connectivity index (χ2v) is 9.16. The molecule has 1 spiro atoms. The molecule has 0 aromatic heterocycles. The van der Waals surface area contributed by atoms with E-state index in [1.54, 1.807) is 0 Å².